The Morgan fingerprint density at radius 3 is 2.32 bits per heavy atom. The van der Waals surface area contributed by atoms with Gasteiger partial charge in [0.15, 0.2) is 0 Å². The Hall–Kier alpha value is -0.320. The number of fused-ring (bicyclic) bond motifs is 2. The van der Waals surface area contributed by atoms with Crippen LogP contribution >= 0.6 is 0 Å². The van der Waals surface area contributed by atoms with E-state index in [4.69, 9.17) is 18.9 Å². The molecule has 8 nitrogen and oxygen atoms in total. The molecule has 1 aliphatic heterocycles. The number of hydrogen-bond acceptors (Lipinski definition) is 8. The highest BCUT2D eigenvalue weighted by atomic mass is 16.5. The first-order valence-corrected chi connectivity index (χ1v) is 11.7. The van der Waals surface area contributed by atoms with Gasteiger partial charge in [-0.2, -0.15) is 0 Å². The van der Waals surface area contributed by atoms with E-state index in [1.54, 1.807) is 28.4 Å². The molecule has 6 aliphatic rings. The van der Waals surface area contributed by atoms with Crippen LogP contribution in [0.15, 0.2) is 0 Å². The maximum atomic E-state index is 12.4. The molecule has 4 N–H and O–H groups in total. The number of rotatable bonds is 5. The largest absolute Gasteiger partial charge is 0.390 e. The zero-order valence-corrected chi connectivity index (χ0v) is 18.9. The summed E-state index contributed by atoms with van der Waals surface area (Å²) in [6.45, 7) is 1.43. The third-order valence-corrected chi connectivity index (χ3v) is 10.9. The minimum absolute atomic E-state index is 0.00547. The van der Waals surface area contributed by atoms with E-state index in [2.05, 4.69) is 5.32 Å². The second kappa shape index (κ2) is 6.42. The fraction of sp³-hybridized carbons (Fsp3) is 1.00. The van der Waals surface area contributed by atoms with Gasteiger partial charge in [-0.3, -0.25) is 0 Å². The standard InChI is InChI=1S/C23H37NO7/c1-28-10-20-6-5-12(29-2)23-11-7-21(26)13(30-3)8-22(27,14(11)19(21)25)15(18(23)24-9-20)16(31-4)17(20)23/h11-19,24-27H,5-10H2,1-4H3/t11-,12+,13+,14-,15?,16+,17-,18?,19-,20+,21+,22?,23?/m1/s1. The van der Waals surface area contributed by atoms with Gasteiger partial charge in [0.2, 0.25) is 0 Å². The van der Waals surface area contributed by atoms with Crippen molar-refractivity contribution in [3.05, 3.63) is 0 Å². The summed E-state index contributed by atoms with van der Waals surface area (Å²) in [5, 5.41) is 39.3. The maximum absolute atomic E-state index is 12.4. The summed E-state index contributed by atoms with van der Waals surface area (Å²) in [7, 11) is 6.84. The summed E-state index contributed by atoms with van der Waals surface area (Å²) < 4.78 is 23.9. The molecule has 1 spiro atoms. The van der Waals surface area contributed by atoms with Crippen LogP contribution in [0.25, 0.3) is 0 Å². The van der Waals surface area contributed by atoms with Gasteiger partial charge < -0.3 is 39.6 Å². The average molecular weight is 440 g/mol. The van der Waals surface area contributed by atoms with Crippen LogP contribution in [0, 0.1) is 34.5 Å². The second-order valence-corrected chi connectivity index (χ2v) is 11.3. The minimum Gasteiger partial charge on any atom is -0.390 e. The Morgan fingerprint density at radius 1 is 0.935 bits per heavy atom. The van der Waals surface area contributed by atoms with Crippen LogP contribution in [0.3, 0.4) is 0 Å². The SMILES string of the molecule is COC[C@]12CC[C@H](OC)C34C(NC1)C([C@H](OC)[C@@H]32)C1(O)C[C@H](OC)[C@@]2(O)C[C@@H]4[C@@H]1[C@H]2O. The fourth-order valence-corrected chi connectivity index (χ4v) is 10.3. The second-order valence-electron chi connectivity index (χ2n) is 11.3. The van der Waals surface area contributed by atoms with Gasteiger partial charge in [0, 0.05) is 76.0 Å². The summed E-state index contributed by atoms with van der Waals surface area (Å²) in [5.74, 6) is -0.620. The lowest BCUT2D eigenvalue weighted by atomic mass is 9.43. The Kier molecular flexibility index (Phi) is 4.39. The van der Waals surface area contributed by atoms with Crippen molar-refractivity contribution in [2.24, 2.45) is 34.5 Å². The third-order valence-electron chi connectivity index (χ3n) is 10.9. The average Bonchev–Trinajstić information content (AvgIpc) is 3.08. The predicted octanol–water partition coefficient (Wildman–Crippen LogP) is -0.461. The van der Waals surface area contributed by atoms with Crippen LogP contribution < -0.4 is 5.32 Å². The van der Waals surface area contributed by atoms with Crippen molar-refractivity contribution in [2.75, 3.05) is 41.6 Å². The van der Waals surface area contributed by atoms with Crippen molar-refractivity contribution in [3.8, 4) is 0 Å². The van der Waals surface area contributed by atoms with Gasteiger partial charge in [-0.1, -0.05) is 0 Å². The molecule has 31 heavy (non-hydrogen) atoms. The number of hydrogen-bond donors (Lipinski definition) is 4. The molecule has 0 aromatic rings. The molecule has 1 saturated heterocycles. The number of aliphatic hydroxyl groups excluding tert-OH is 1. The Morgan fingerprint density at radius 2 is 1.68 bits per heavy atom. The molecule has 6 rings (SSSR count). The van der Waals surface area contributed by atoms with Crippen molar-refractivity contribution in [2.45, 2.75) is 67.3 Å². The van der Waals surface area contributed by atoms with E-state index < -0.39 is 29.3 Å². The first kappa shape index (κ1) is 21.2. The zero-order chi connectivity index (χ0) is 22.0. The molecule has 5 saturated carbocycles. The molecule has 8 heteroatoms. The molecule has 0 radical (unpaired) electrons. The molecule has 4 unspecified atom stereocenters. The summed E-state index contributed by atoms with van der Waals surface area (Å²) in [5.41, 5.74) is -3.01. The molecule has 5 aliphatic carbocycles. The van der Waals surface area contributed by atoms with E-state index in [-0.39, 0.29) is 46.8 Å². The van der Waals surface area contributed by atoms with Crippen LogP contribution in [0.5, 0.6) is 0 Å². The molecular weight excluding hydrogens is 402 g/mol. The normalized spacial score (nSPS) is 63.4. The quantitative estimate of drug-likeness (QED) is 0.456. The van der Waals surface area contributed by atoms with Crippen LogP contribution in [0.1, 0.15) is 25.7 Å². The lowest BCUT2D eigenvalue weighted by molar-refractivity contribution is -0.264. The molecular formula is C23H37NO7. The van der Waals surface area contributed by atoms with Crippen LogP contribution in [-0.2, 0) is 18.9 Å². The summed E-state index contributed by atoms with van der Waals surface area (Å²) >= 11 is 0. The first-order valence-electron chi connectivity index (χ1n) is 11.7. The zero-order valence-electron chi connectivity index (χ0n) is 18.9. The van der Waals surface area contributed by atoms with Crippen LogP contribution in [-0.4, -0.2) is 98.6 Å². The van der Waals surface area contributed by atoms with E-state index >= 15 is 0 Å². The lowest BCUT2D eigenvalue weighted by Gasteiger charge is -2.66. The summed E-state index contributed by atoms with van der Waals surface area (Å²) in [6, 6.07) is -0.00547. The Bertz CT molecular complexity index is 768. The first-order chi connectivity index (χ1) is 14.8. The number of piperidine rings is 1. The molecule has 7 bridgehead atoms. The van der Waals surface area contributed by atoms with E-state index in [0.29, 0.717) is 19.4 Å². The van der Waals surface area contributed by atoms with Crippen LogP contribution in [0.2, 0.25) is 0 Å². The lowest BCUT2D eigenvalue weighted by Crippen LogP contribution is -2.76. The monoisotopic (exact) mass is 439 g/mol. The molecule has 176 valence electrons. The smallest absolute Gasteiger partial charge is 0.117 e. The molecule has 0 aromatic carbocycles. The number of nitrogens with one attached hydrogen (secondary N) is 1. The number of aliphatic hydroxyl groups is 3. The van der Waals surface area contributed by atoms with Gasteiger partial charge in [0.1, 0.15) is 5.60 Å². The van der Waals surface area contributed by atoms with Crippen molar-refractivity contribution in [1.82, 2.24) is 5.32 Å². The molecule has 0 amide bonds. The van der Waals surface area contributed by atoms with E-state index in [9.17, 15) is 15.3 Å². The third kappa shape index (κ3) is 2.04. The topological polar surface area (TPSA) is 110 Å². The summed E-state index contributed by atoms with van der Waals surface area (Å²) in [4.78, 5) is 0. The maximum Gasteiger partial charge on any atom is 0.117 e. The van der Waals surface area contributed by atoms with Crippen molar-refractivity contribution < 1.29 is 34.3 Å². The fourth-order valence-electron chi connectivity index (χ4n) is 10.3. The van der Waals surface area contributed by atoms with Crippen molar-refractivity contribution in [1.29, 1.82) is 0 Å². The van der Waals surface area contributed by atoms with Gasteiger partial charge in [-0.15, -0.1) is 0 Å². The van der Waals surface area contributed by atoms with Gasteiger partial charge in [-0.25, -0.2) is 0 Å². The van der Waals surface area contributed by atoms with E-state index in [1.807, 2.05) is 0 Å². The van der Waals surface area contributed by atoms with Crippen molar-refractivity contribution in [3.63, 3.8) is 0 Å². The molecule has 13 atom stereocenters. The highest BCUT2D eigenvalue weighted by molar-refractivity contribution is 5.37. The Balaban J connectivity index is 1.61. The summed E-state index contributed by atoms with van der Waals surface area (Å²) in [6.07, 6.45) is 0.707. The van der Waals surface area contributed by atoms with Gasteiger partial charge in [-0.05, 0) is 25.2 Å². The molecule has 0 aromatic heterocycles. The van der Waals surface area contributed by atoms with Gasteiger partial charge in [0.25, 0.3) is 0 Å². The van der Waals surface area contributed by atoms with Crippen molar-refractivity contribution >= 4 is 0 Å². The highest BCUT2D eigenvalue weighted by Crippen LogP contribution is 2.78. The number of ether oxygens (including phenoxy) is 4. The molecule has 6 fully saturated rings. The van der Waals surface area contributed by atoms with E-state index in [0.717, 1.165) is 19.4 Å². The predicted molar refractivity (Wildman–Crippen MR) is 109 cm³/mol. The van der Waals surface area contributed by atoms with Gasteiger partial charge in [0.05, 0.1) is 36.6 Å². The van der Waals surface area contributed by atoms with Crippen LogP contribution in [0.4, 0.5) is 0 Å². The molecule has 1 heterocycles. The van der Waals surface area contributed by atoms with Gasteiger partial charge >= 0.3 is 0 Å². The minimum atomic E-state index is -1.36. The Labute approximate surface area is 183 Å². The number of methoxy groups -OCH3 is 4. The van der Waals surface area contributed by atoms with E-state index in [1.165, 1.54) is 0 Å². The highest BCUT2D eigenvalue weighted by Gasteiger charge is 2.87.